The number of halogens is 1. The minimum atomic E-state index is -0.364. The van der Waals surface area contributed by atoms with E-state index in [4.69, 9.17) is 10.5 Å². The number of carbonyl (C=O) groups is 1. The van der Waals surface area contributed by atoms with Gasteiger partial charge in [-0.1, -0.05) is 12.1 Å². The third kappa shape index (κ3) is 4.31. The van der Waals surface area contributed by atoms with E-state index >= 15 is 0 Å². The summed E-state index contributed by atoms with van der Waals surface area (Å²) >= 11 is 0. The van der Waals surface area contributed by atoms with Crippen LogP contribution >= 0.6 is 12.4 Å². The lowest BCUT2D eigenvalue weighted by atomic mass is 10.1. The first-order chi connectivity index (χ1) is 10.8. The molecule has 3 rings (SSSR count). The summed E-state index contributed by atoms with van der Waals surface area (Å²) in [7, 11) is 0. The van der Waals surface area contributed by atoms with Crippen molar-refractivity contribution in [2.45, 2.75) is 31.6 Å². The molecule has 1 aliphatic heterocycles. The Kier molecular flexibility index (Phi) is 6.15. The molecule has 2 heterocycles. The van der Waals surface area contributed by atoms with Gasteiger partial charge in [0.1, 0.15) is 6.10 Å². The van der Waals surface area contributed by atoms with Crippen molar-refractivity contribution in [3.63, 3.8) is 0 Å². The number of benzene rings is 1. The Morgan fingerprint density at radius 3 is 2.74 bits per heavy atom. The Bertz CT molecular complexity index is 616. The predicted octanol–water partition coefficient (Wildman–Crippen LogP) is 1.42. The highest BCUT2D eigenvalue weighted by atomic mass is 35.5. The topological polar surface area (TPSA) is 82.2 Å². The maximum Gasteiger partial charge on any atom is 0.249 e. The van der Waals surface area contributed by atoms with E-state index in [1.54, 1.807) is 10.9 Å². The number of nitrogens with one attached hydrogen (secondary N) is 1. The van der Waals surface area contributed by atoms with Crippen LogP contribution in [0.4, 0.5) is 0 Å². The quantitative estimate of drug-likeness (QED) is 0.865. The molecule has 1 saturated heterocycles. The van der Waals surface area contributed by atoms with Gasteiger partial charge in [0.2, 0.25) is 5.91 Å². The Balaban J connectivity index is 0.00000192. The van der Waals surface area contributed by atoms with Crippen LogP contribution in [-0.2, 0) is 16.1 Å². The fourth-order valence-electron chi connectivity index (χ4n) is 2.56. The molecule has 7 heteroatoms. The molecule has 1 aromatic carbocycles. The van der Waals surface area contributed by atoms with Crippen LogP contribution in [0.25, 0.3) is 5.69 Å². The van der Waals surface area contributed by atoms with Gasteiger partial charge in [-0.3, -0.25) is 4.79 Å². The van der Waals surface area contributed by atoms with Crippen LogP contribution < -0.4 is 11.1 Å². The van der Waals surface area contributed by atoms with Crippen LogP contribution in [0, 0.1) is 0 Å². The Morgan fingerprint density at radius 1 is 1.35 bits per heavy atom. The average Bonchev–Trinajstić information content (AvgIpc) is 3.24. The molecule has 0 aliphatic carbocycles. The summed E-state index contributed by atoms with van der Waals surface area (Å²) in [6.07, 6.45) is 4.88. The smallest absolute Gasteiger partial charge is 0.249 e. The fraction of sp³-hybridized carbons (Fsp3) is 0.375. The molecule has 1 fully saturated rings. The van der Waals surface area contributed by atoms with Crippen LogP contribution in [0.1, 0.15) is 18.4 Å². The molecule has 6 nitrogen and oxygen atoms in total. The van der Waals surface area contributed by atoms with E-state index in [2.05, 4.69) is 10.4 Å². The molecule has 3 N–H and O–H groups in total. The maximum absolute atomic E-state index is 12.0. The highest BCUT2D eigenvalue weighted by Gasteiger charge is 2.29. The summed E-state index contributed by atoms with van der Waals surface area (Å²) < 4.78 is 7.37. The number of ether oxygens (including phenoxy) is 1. The highest BCUT2D eigenvalue weighted by molar-refractivity contribution is 5.85. The van der Waals surface area contributed by atoms with Crippen LogP contribution in [0.15, 0.2) is 42.7 Å². The summed E-state index contributed by atoms with van der Waals surface area (Å²) in [5.74, 6) is -0.0629. The van der Waals surface area contributed by atoms with E-state index in [9.17, 15) is 4.79 Å². The van der Waals surface area contributed by atoms with Crippen LogP contribution in [0.3, 0.4) is 0 Å². The van der Waals surface area contributed by atoms with Crippen LogP contribution in [0.2, 0.25) is 0 Å². The van der Waals surface area contributed by atoms with Gasteiger partial charge in [-0.25, -0.2) is 4.68 Å². The SMILES string of the molecule is Cl.NC[C@H]1CC[C@@H](C(=O)NCc2ccc(-n3cccn3)cc2)O1. The molecule has 0 radical (unpaired) electrons. The zero-order valence-corrected chi connectivity index (χ0v) is 13.5. The van der Waals surface area contributed by atoms with Gasteiger partial charge in [-0.15, -0.1) is 12.4 Å². The lowest BCUT2D eigenvalue weighted by Crippen LogP contribution is -2.35. The molecule has 0 saturated carbocycles. The van der Waals surface area contributed by atoms with Crippen molar-refractivity contribution in [1.29, 1.82) is 0 Å². The molecule has 1 amide bonds. The summed E-state index contributed by atoms with van der Waals surface area (Å²) in [4.78, 5) is 12.0. The average molecular weight is 337 g/mol. The monoisotopic (exact) mass is 336 g/mol. The summed E-state index contributed by atoms with van der Waals surface area (Å²) in [6, 6.07) is 9.80. The molecule has 0 spiro atoms. The molecule has 1 aromatic heterocycles. The predicted molar refractivity (Wildman–Crippen MR) is 89.6 cm³/mol. The third-order valence-electron chi connectivity index (χ3n) is 3.83. The van der Waals surface area contributed by atoms with E-state index < -0.39 is 0 Å². The molecule has 23 heavy (non-hydrogen) atoms. The summed E-state index contributed by atoms with van der Waals surface area (Å²) in [5.41, 5.74) is 7.58. The first kappa shape index (κ1) is 17.5. The van der Waals surface area contributed by atoms with E-state index in [0.717, 1.165) is 24.1 Å². The standard InChI is InChI=1S/C16H20N4O2.ClH/c17-10-14-6-7-15(22-14)16(21)18-11-12-2-4-13(5-3-12)20-9-1-8-19-20;/h1-5,8-9,14-15H,6-7,10-11,17H2,(H,18,21);1H/t14-,15+;/m1./s1. The van der Waals surface area contributed by atoms with Gasteiger partial charge in [-0.2, -0.15) is 5.10 Å². The summed E-state index contributed by atoms with van der Waals surface area (Å²) in [6.45, 7) is 0.962. The van der Waals surface area contributed by atoms with Crippen molar-refractivity contribution in [2.75, 3.05) is 6.54 Å². The minimum absolute atomic E-state index is 0. The van der Waals surface area contributed by atoms with Crippen LogP contribution in [-0.4, -0.2) is 34.4 Å². The minimum Gasteiger partial charge on any atom is -0.364 e. The zero-order chi connectivity index (χ0) is 15.4. The van der Waals surface area contributed by atoms with Crippen molar-refractivity contribution in [1.82, 2.24) is 15.1 Å². The lowest BCUT2D eigenvalue weighted by Gasteiger charge is -2.13. The zero-order valence-electron chi connectivity index (χ0n) is 12.7. The third-order valence-corrected chi connectivity index (χ3v) is 3.83. The van der Waals surface area contributed by atoms with E-state index in [-0.39, 0.29) is 30.5 Å². The largest absolute Gasteiger partial charge is 0.364 e. The second-order valence-corrected chi connectivity index (χ2v) is 5.39. The van der Waals surface area contributed by atoms with Crippen molar-refractivity contribution in [3.8, 4) is 5.69 Å². The van der Waals surface area contributed by atoms with E-state index in [0.29, 0.717) is 13.1 Å². The molecule has 0 unspecified atom stereocenters. The summed E-state index contributed by atoms with van der Waals surface area (Å²) in [5, 5.41) is 7.09. The second kappa shape index (κ2) is 8.10. The normalized spacial score (nSPS) is 20.0. The first-order valence-electron chi connectivity index (χ1n) is 7.48. The number of aromatic nitrogens is 2. The van der Waals surface area contributed by atoms with Crippen molar-refractivity contribution < 1.29 is 9.53 Å². The fourth-order valence-corrected chi connectivity index (χ4v) is 2.56. The Hall–Kier alpha value is -1.89. The molecular weight excluding hydrogens is 316 g/mol. The Morgan fingerprint density at radius 2 is 2.13 bits per heavy atom. The molecule has 2 atom stereocenters. The van der Waals surface area contributed by atoms with Gasteiger partial charge >= 0.3 is 0 Å². The first-order valence-corrected chi connectivity index (χ1v) is 7.48. The number of amides is 1. The molecule has 0 bridgehead atoms. The maximum atomic E-state index is 12.0. The van der Waals surface area contributed by atoms with E-state index in [1.165, 1.54) is 0 Å². The molecular formula is C16H21ClN4O2. The van der Waals surface area contributed by atoms with Crippen LogP contribution in [0.5, 0.6) is 0 Å². The van der Waals surface area contributed by atoms with Crippen molar-refractivity contribution in [2.24, 2.45) is 5.73 Å². The van der Waals surface area contributed by atoms with Gasteiger partial charge in [0, 0.05) is 25.5 Å². The Labute approximate surface area is 141 Å². The molecule has 1 aliphatic rings. The van der Waals surface area contributed by atoms with Crippen molar-refractivity contribution >= 4 is 18.3 Å². The van der Waals surface area contributed by atoms with Crippen molar-refractivity contribution in [3.05, 3.63) is 48.3 Å². The lowest BCUT2D eigenvalue weighted by molar-refractivity contribution is -0.132. The molecule has 2 aromatic rings. The van der Waals surface area contributed by atoms with E-state index in [1.807, 2.05) is 36.5 Å². The molecule has 124 valence electrons. The highest BCUT2D eigenvalue weighted by Crippen LogP contribution is 2.19. The van der Waals surface area contributed by atoms with Gasteiger partial charge in [0.15, 0.2) is 0 Å². The number of hydrogen-bond acceptors (Lipinski definition) is 4. The number of carbonyl (C=O) groups excluding carboxylic acids is 1. The second-order valence-electron chi connectivity index (χ2n) is 5.39. The van der Waals surface area contributed by atoms with Gasteiger partial charge in [0.25, 0.3) is 0 Å². The van der Waals surface area contributed by atoms with Gasteiger partial charge in [-0.05, 0) is 36.6 Å². The number of rotatable bonds is 5. The van der Waals surface area contributed by atoms with Gasteiger partial charge in [0.05, 0.1) is 11.8 Å². The van der Waals surface area contributed by atoms with Gasteiger partial charge < -0.3 is 15.8 Å². The number of hydrogen-bond donors (Lipinski definition) is 2. The number of nitrogens with two attached hydrogens (primary N) is 1. The number of nitrogens with zero attached hydrogens (tertiary/aromatic N) is 2.